The van der Waals surface area contributed by atoms with Gasteiger partial charge in [0, 0.05) is 44.0 Å². The molecule has 1 aliphatic carbocycles. The van der Waals surface area contributed by atoms with E-state index in [1.165, 1.54) is 37.8 Å². The molecule has 3 aliphatic rings. The van der Waals surface area contributed by atoms with Crippen LogP contribution in [0.1, 0.15) is 50.0 Å². The Kier molecular flexibility index (Phi) is 3.92. The van der Waals surface area contributed by atoms with Gasteiger partial charge in [-0.25, -0.2) is 4.98 Å². The summed E-state index contributed by atoms with van der Waals surface area (Å²) in [6, 6.07) is 0. The molecule has 0 unspecified atom stereocenters. The number of hydrogen-bond acceptors (Lipinski definition) is 3. The fourth-order valence-electron chi connectivity index (χ4n) is 5.08. The Morgan fingerprint density at radius 3 is 2.87 bits per heavy atom. The lowest BCUT2D eigenvalue weighted by atomic mass is 9.76. The van der Waals surface area contributed by atoms with E-state index >= 15 is 0 Å². The Morgan fingerprint density at radius 1 is 1.30 bits per heavy atom. The Balaban J connectivity index is 1.44. The summed E-state index contributed by atoms with van der Waals surface area (Å²) in [5.74, 6) is 1.71. The Bertz CT molecular complexity index is 577. The van der Waals surface area contributed by atoms with Gasteiger partial charge in [-0.05, 0) is 51.0 Å². The third kappa shape index (κ3) is 2.80. The topological polar surface area (TPSA) is 52.2 Å². The van der Waals surface area contributed by atoms with Crippen LogP contribution in [0.15, 0.2) is 6.20 Å². The van der Waals surface area contributed by atoms with E-state index in [-0.39, 0.29) is 11.3 Å². The summed E-state index contributed by atoms with van der Waals surface area (Å²) in [7, 11) is 0. The molecule has 4 rings (SSSR count). The molecule has 1 N–H and O–H groups in total. The van der Waals surface area contributed by atoms with E-state index in [0.717, 1.165) is 45.0 Å². The lowest BCUT2D eigenvalue weighted by molar-refractivity contribution is -0.137. The zero-order valence-corrected chi connectivity index (χ0v) is 14.2. The van der Waals surface area contributed by atoms with Crippen LogP contribution >= 0.6 is 0 Å². The predicted molar refractivity (Wildman–Crippen MR) is 88.8 cm³/mol. The Hall–Kier alpha value is -1.36. The van der Waals surface area contributed by atoms with E-state index in [1.54, 1.807) is 0 Å². The Labute approximate surface area is 138 Å². The average Bonchev–Trinajstić information content (AvgIpc) is 3.30. The number of likely N-dealkylation sites (tertiary alicyclic amines) is 2. The normalized spacial score (nSPS) is 31.5. The third-order valence-electron chi connectivity index (χ3n) is 6.24. The van der Waals surface area contributed by atoms with Crippen molar-refractivity contribution in [2.45, 2.75) is 52.0 Å². The molecule has 1 spiro atoms. The number of amides is 1. The number of H-pyrrole nitrogens is 1. The number of imidazole rings is 1. The molecule has 0 radical (unpaired) electrons. The number of carbonyl (C=O) groups is 1. The molecule has 5 nitrogen and oxygen atoms in total. The molecule has 1 amide bonds. The van der Waals surface area contributed by atoms with Crippen LogP contribution in [0.5, 0.6) is 0 Å². The van der Waals surface area contributed by atoms with Crippen LogP contribution in [-0.2, 0) is 11.3 Å². The highest BCUT2D eigenvalue weighted by Crippen LogP contribution is 2.50. The molecule has 23 heavy (non-hydrogen) atoms. The van der Waals surface area contributed by atoms with Crippen LogP contribution in [0.3, 0.4) is 0 Å². The first-order chi connectivity index (χ1) is 11.2. The van der Waals surface area contributed by atoms with Crippen molar-refractivity contribution in [3.63, 3.8) is 0 Å². The van der Waals surface area contributed by atoms with E-state index in [4.69, 9.17) is 0 Å². The molecule has 0 bridgehead atoms. The van der Waals surface area contributed by atoms with E-state index < -0.39 is 0 Å². The first kappa shape index (κ1) is 15.2. The molecule has 2 saturated heterocycles. The Morgan fingerprint density at radius 2 is 2.13 bits per heavy atom. The first-order valence-corrected chi connectivity index (χ1v) is 9.18. The van der Waals surface area contributed by atoms with Crippen molar-refractivity contribution in [3.05, 3.63) is 17.7 Å². The maximum Gasteiger partial charge on any atom is 0.226 e. The summed E-state index contributed by atoms with van der Waals surface area (Å²) in [6.45, 7) is 7.10. The van der Waals surface area contributed by atoms with Crippen molar-refractivity contribution in [1.82, 2.24) is 19.8 Å². The van der Waals surface area contributed by atoms with Gasteiger partial charge in [0.1, 0.15) is 5.82 Å². The molecule has 126 valence electrons. The summed E-state index contributed by atoms with van der Waals surface area (Å²) in [4.78, 5) is 25.3. The fourth-order valence-corrected chi connectivity index (χ4v) is 5.08. The van der Waals surface area contributed by atoms with Crippen LogP contribution in [-0.4, -0.2) is 51.9 Å². The quantitative estimate of drug-likeness (QED) is 0.931. The van der Waals surface area contributed by atoms with Gasteiger partial charge in [0.2, 0.25) is 5.91 Å². The molecule has 1 aromatic rings. The van der Waals surface area contributed by atoms with Crippen LogP contribution in [0.4, 0.5) is 0 Å². The van der Waals surface area contributed by atoms with E-state index in [9.17, 15) is 4.79 Å². The lowest BCUT2D eigenvalue weighted by Crippen LogP contribution is -2.42. The third-order valence-corrected chi connectivity index (χ3v) is 6.24. The van der Waals surface area contributed by atoms with Gasteiger partial charge < -0.3 is 9.88 Å². The molecular formula is C18H28N4O. The van der Waals surface area contributed by atoms with Gasteiger partial charge in [-0.2, -0.15) is 0 Å². The van der Waals surface area contributed by atoms with Gasteiger partial charge >= 0.3 is 0 Å². The van der Waals surface area contributed by atoms with Crippen molar-refractivity contribution in [2.75, 3.05) is 26.2 Å². The van der Waals surface area contributed by atoms with Gasteiger partial charge in [-0.1, -0.05) is 6.42 Å². The molecule has 0 aromatic carbocycles. The highest BCUT2D eigenvalue weighted by atomic mass is 16.2. The molecule has 2 atom stereocenters. The van der Waals surface area contributed by atoms with Crippen LogP contribution < -0.4 is 0 Å². The average molecular weight is 316 g/mol. The maximum atomic E-state index is 13.0. The SMILES string of the molecule is Cc1ncc(CN2CC[C@]3(CCC[C@@H]3C(=O)N3CCCC3)C2)[nH]1. The summed E-state index contributed by atoms with van der Waals surface area (Å²) < 4.78 is 0. The number of carbonyl (C=O) groups excluding carboxylic acids is 1. The summed E-state index contributed by atoms with van der Waals surface area (Å²) >= 11 is 0. The number of rotatable bonds is 3. The lowest BCUT2D eigenvalue weighted by Gasteiger charge is -2.33. The maximum absolute atomic E-state index is 13.0. The number of aromatic amines is 1. The second-order valence-electron chi connectivity index (χ2n) is 7.79. The fraction of sp³-hybridized carbons (Fsp3) is 0.778. The second kappa shape index (κ2) is 5.93. The molecule has 3 heterocycles. The molecule has 3 fully saturated rings. The minimum atomic E-state index is 0.245. The zero-order chi connectivity index (χ0) is 15.9. The number of aromatic nitrogens is 2. The molecule has 2 aliphatic heterocycles. The standard InChI is InChI=1S/C18H28N4O/c1-14-19-11-15(20-14)12-21-10-7-18(13-21)6-4-5-16(18)17(23)22-8-2-3-9-22/h11,16H,2-10,12-13H2,1H3,(H,19,20)/t16-,18-/m1/s1. The highest BCUT2D eigenvalue weighted by molar-refractivity contribution is 5.80. The summed E-state index contributed by atoms with van der Waals surface area (Å²) in [5.41, 5.74) is 1.44. The van der Waals surface area contributed by atoms with Crippen molar-refractivity contribution in [3.8, 4) is 0 Å². The number of aryl methyl sites for hydroxylation is 1. The van der Waals surface area contributed by atoms with Crippen molar-refractivity contribution < 1.29 is 4.79 Å². The number of nitrogens with zero attached hydrogens (tertiary/aromatic N) is 3. The smallest absolute Gasteiger partial charge is 0.226 e. The van der Waals surface area contributed by atoms with Crippen molar-refractivity contribution >= 4 is 5.91 Å². The van der Waals surface area contributed by atoms with Crippen molar-refractivity contribution in [1.29, 1.82) is 0 Å². The zero-order valence-electron chi connectivity index (χ0n) is 14.2. The first-order valence-electron chi connectivity index (χ1n) is 9.18. The van der Waals surface area contributed by atoms with Crippen LogP contribution in [0, 0.1) is 18.3 Å². The largest absolute Gasteiger partial charge is 0.345 e. The van der Waals surface area contributed by atoms with Gasteiger partial charge in [-0.15, -0.1) is 0 Å². The molecular weight excluding hydrogens is 288 g/mol. The minimum absolute atomic E-state index is 0.245. The van der Waals surface area contributed by atoms with Gasteiger partial charge in [-0.3, -0.25) is 9.69 Å². The van der Waals surface area contributed by atoms with Crippen LogP contribution in [0.2, 0.25) is 0 Å². The number of nitrogens with one attached hydrogen (secondary N) is 1. The molecule has 1 saturated carbocycles. The summed E-state index contributed by atoms with van der Waals surface area (Å²) in [5, 5.41) is 0. The van der Waals surface area contributed by atoms with Gasteiger partial charge in [0.05, 0.1) is 0 Å². The number of hydrogen-bond donors (Lipinski definition) is 1. The van der Waals surface area contributed by atoms with Gasteiger partial charge in [0.25, 0.3) is 0 Å². The van der Waals surface area contributed by atoms with E-state index in [0.29, 0.717) is 5.91 Å². The second-order valence-corrected chi connectivity index (χ2v) is 7.79. The molecule has 5 heteroatoms. The monoisotopic (exact) mass is 316 g/mol. The predicted octanol–water partition coefficient (Wildman–Crippen LogP) is 2.33. The van der Waals surface area contributed by atoms with E-state index in [2.05, 4.69) is 19.8 Å². The van der Waals surface area contributed by atoms with Crippen molar-refractivity contribution in [2.24, 2.45) is 11.3 Å². The minimum Gasteiger partial charge on any atom is -0.345 e. The van der Waals surface area contributed by atoms with E-state index in [1.807, 2.05) is 13.1 Å². The molecule has 1 aromatic heterocycles. The summed E-state index contributed by atoms with van der Waals surface area (Å²) in [6.07, 6.45) is 9.07. The van der Waals surface area contributed by atoms with Crippen LogP contribution in [0.25, 0.3) is 0 Å². The van der Waals surface area contributed by atoms with Gasteiger partial charge in [0.15, 0.2) is 0 Å². The highest BCUT2D eigenvalue weighted by Gasteiger charge is 2.51.